The molecule has 3 rings (SSSR count). The first-order chi connectivity index (χ1) is 11.7. The Hall–Kier alpha value is -1.26. The lowest BCUT2D eigenvalue weighted by molar-refractivity contribution is 0.284. The van der Waals surface area contributed by atoms with Crippen LogP contribution in [0.25, 0.3) is 0 Å². The Morgan fingerprint density at radius 3 is 2.57 bits per heavy atom. The molecule has 0 bridgehead atoms. The molecule has 1 aliphatic heterocycles. The monoisotopic (exact) mass is 348 g/mol. The SMILES string of the molecule is [3H]C1(Cc2ccc(OCc3ccccc3)c(OC)c2)SCCCS1. The van der Waals surface area contributed by atoms with Gasteiger partial charge in [0.25, 0.3) is 0 Å². The van der Waals surface area contributed by atoms with Crippen molar-refractivity contribution in [3.05, 3.63) is 59.7 Å². The van der Waals surface area contributed by atoms with Gasteiger partial charge in [0.2, 0.25) is 0 Å². The van der Waals surface area contributed by atoms with Gasteiger partial charge < -0.3 is 9.47 Å². The van der Waals surface area contributed by atoms with Crippen LogP contribution in [0.1, 0.15) is 18.9 Å². The van der Waals surface area contributed by atoms with Crippen molar-refractivity contribution >= 4 is 23.5 Å². The van der Waals surface area contributed by atoms with Crippen LogP contribution in [0.4, 0.5) is 0 Å². The van der Waals surface area contributed by atoms with Gasteiger partial charge in [-0.2, -0.15) is 0 Å². The van der Waals surface area contributed by atoms with Crippen LogP contribution in [0.2, 0.25) is 0 Å². The minimum absolute atomic E-state index is 0.477. The predicted octanol–water partition coefficient (Wildman–Crippen LogP) is 5.01. The lowest BCUT2D eigenvalue weighted by atomic mass is 10.1. The summed E-state index contributed by atoms with van der Waals surface area (Å²) in [6.07, 6.45) is 1.92. The zero-order valence-corrected chi connectivity index (χ0v) is 14.9. The van der Waals surface area contributed by atoms with E-state index in [0.29, 0.717) is 6.61 Å². The van der Waals surface area contributed by atoms with Crippen molar-refractivity contribution in [1.29, 1.82) is 0 Å². The largest absolute Gasteiger partial charge is 0.493 e. The number of hydrogen-bond donors (Lipinski definition) is 0. The van der Waals surface area contributed by atoms with E-state index in [1.807, 2.05) is 42.5 Å². The first-order valence-electron chi connectivity index (χ1n) is 8.30. The lowest BCUT2D eigenvalue weighted by Gasteiger charge is -2.21. The van der Waals surface area contributed by atoms with Gasteiger partial charge in [0.05, 0.1) is 13.0 Å². The molecular weight excluding hydrogens is 324 g/mol. The van der Waals surface area contributed by atoms with Crippen molar-refractivity contribution in [2.24, 2.45) is 0 Å². The molecule has 0 unspecified atom stereocenters. The normalized spacial score (nSPS) is 17.3. The molecule has 0 aliphatic carbocycles. The second-order valence-corrected chi connectivity index (χ2v) is 8.00. The Morgan fingerprint density at radius 1 is 1.04 bits per heavy atom. The van der Waals surface area contributed by atoms with Crippen LogP contribution in [0.15, 0.2) is 48.5 Å². The molecule has 0 atom stereocenters. The van der Waals surface area contributed by atoms with Gasteiger partial charge in [-0.15, -0.1) is 23.5 Å². The molecule has 2 aromatic carbocycles. The summed E-state index contributed by atoms with van der Waals surface area (Å²) in [7, 11) is 1.66. The zero-order valence-electron chi connectivity index (χ0n) is 14.3. The maximum Gasteiger partial charge on any atom is 0.161 e. The van der Waals surface area contributed by atoms with E-state index in [1.165, 1.54) is 6.42 Å². The number of thioether (sulfide) groups is 2. The summed E-state index contributed by atoms with van der Waals surface area (Å²) in [6.45, 7) is 0.518. The van der Waals surface area contributed by atoms with Crippen LogP contribution in [-0.2, 0) is 13.0 Å². The number of ether oxygens (including phenoxy) is 2. The van der Waals surface area contributed by atoms with Crippen LogP contribution in [0.3, 0.4) is 0 Å². The average molecular weight is 349 g/mol. The van der Waals surface area contributed by atoms with Crippen molar-refractivity contribution < 1.29 is 10.8 Å². The number of benzene rings is 2. The van der Waals surface area contributed by atoms with E-state index in [4.69, 9.17) is 10.8 Å². The molecule has 23 heavy (non-hydrogen) atoms. The maximum absolute atomic E-state index is 8.59. The molecule has 0 N–H and O–H groups in total. The van der Waals surface area contributed by atoms with Gasteiger partial charge in [0.1, 0.15) is 6.61 Å². The van der Waals surface area contributed by atoms with E-state index in [2.05, 4.69) is 6.07 Å². The molecule has 1 fully saturated rings. The molecule has 2 nitrogen and oxygen atoms in total. The standard InChI is InChI=1S/C19H22O2S2/c1-20-18-12-16(13-19-22-10-5-11-23-19)8-9-17(18)21-14-15-6-3-2-4-7-15/h2-4,6-9,12,19H,5,10-11,13-14H2,1H3/i19T. The highest BCUT2D eigenvalue weighted by molar-refractivity contribution is 8.17. The van der Waals surface area contributed by atoms with Crippen molar-refractivity contribution in [2.75, 3.05) is 18.6 Å². The highest BCUT2D eigenvalue weighted by atomic mass is 32.2. The smallest absolute Gasteiger partial charge is 0.161 e. The molecule has 1 aliphatic rings. The molecule has 122 valence electrons. The Morgan fingerprint density at radius 2 is 1.83 bits per heavy atom. The molecule has 1 saturated heterocycles. The van der Waals surface area contributed by atoms with Crippen LogP contribution in [0.5, 0.6) is 11.5 Å². The molecule has 4 heteroatoms. The molecular formula is C19H22O2S2. The Bertz CT molecular complexity index is 658. The molecule has 2 aromatic rings. The van der Waals surface area contributed by atoms with E-state index in [-0.39, 0.29) is 0 Å². The molecule has 1 heterocycles. The fraction of sp³-hybridized carbons (Fsp3) is 0.368. The molecule has 0 aromatic heterocycles. The highest BCUT2D eigenvalue weighted by Crippen LogP contribution is 2.35. The molecule has 0 saturated carbocycles. The van der Waals surface area contributed by atoms with Crippen LogP contribution < -0.4 is 9.47 Å². The number of methoxy groups -OCH3 is 1. The minimum Gasteiger partial charge on any atom is -0.493 e. The van der Waals surface area contributed by atoms with Crippen molar-refractivity contribution in [1.82, 2.24) is 0 Å². The van der Waals surface area contributed by atoms with Crippen molar-refractivity contribution in [3.63, 3.8) is 0 Å². The maximum atomic E-state index is 8.59. The third kappa shape index (κ3) is 4.85. The Balaban J connectivity index is 1.68. The van der Waals surface area contributed by atoms with Gasteiger partial charge in [-0.25, -0.2) is 0 Å². The van der Waals surface area contributed by atoms with E-state index in [1.54, 1.807) is 30.6 Å². The first-order valence-corrected chi connectivity index (χ1v) is 9.77. The van der Waals surface area contributed by atoms with Gasteiger partial charge in [0.15, 0.2) is 11.5 Å². The van der Waals surface area contributed by atoms with Gasteiger partial charge in [0, 0.05) is 0 Å². The van der Waals surface area contributed by atoms with Crippen LogP contribution in [0, 0.1) is 0 Å². The summed E-state index contributed by atoms with van der Waals surface area (Å²) in [5.41, 5.74) is 2.25. The van der Waals surface area contributed by atoms with Gasteiger partial charge in [-0.1, -0.05) is 36.4 Å². The van der Waals surface area contributed by atoms with E-state index in [0.717, 1.165) is 40.6 Å². The molecule has 0 radical (unpaired) electrons. The molecule has 0 amide bonds. The summed E-state index contributed by atoms with van der Waals surface area (Å²) < 4.78 is 19.5. The minimum atomic E-state index is -0.477. The number of rotatable bonds is 6. The Labute approximate surface area is 148 Å². The third-order valence-corrected chi connectivity index (χ3v) is 6.25. The van der Waals surface area contributed by atoms with E-state index < -0.39 is 4.56 Å². The first kappa shape index (κ1) is 15.3. The highest BCUT2D eigenvalue weighted by Gasteiger charge is 2.16. The fourth-order valence-corrected chi connectivity index (χ4v) is 5.00. The summed E-state index contributed by atoms with van der Waals surface area (Å²) in [5, 5.41) is 0. The average Bonchev–Trinajstić information content (AvgIpc) is 2.61. The van der Waals surface area contributed by atoms with Gasteiger partial charge >= 0.3 is 0 Å². The second-order valence-electron chi connectivity index (χ2n) is 5.36. The molecule has 0 spiro atoms. The van der Waals surface area contributed by atoms with Crippen molar-refractivity contribution in [3.8, 4) is 11.5 Å². The van der Waals surface area contributed by atoms with Crippen molar-refractivity contribution in [2.45, 2.75) is 24.0 Å². The number of hydrogen-bond acceptors (Lipinski definition) is 4. The van der Waals surface area contributed by atoms with Crippen LogP contribution in [-0.4, -0.2) is 23.2 Å². The summed E-state index contributed by atoms with van der Waals surface area (Å²) >= 11 is 3.49. The van der Waals surface area contributed by atoms with E-state index >= 15 is 0 Å². The Kier molecular flexibility index (Phi) is 5.68. The summed E-state index contributed by atoms with van der Waals surface area (Å²) in [4.78, 5) is 0. The summed E-state index contributed by atoms with van der Waals surface area (Å²) in [6, 6.07) is 16.1. The zero-order chi connectivity index (χ0) is 16.8. The second kappa shape index (κ2) is 8.55. The summed E-state index contributed by atoms with van der Waals surface area (Å²) in [5.74, 6) is 3.63. The lowest BCUT2D eigenvalue weighted by Crippen LogP contribution is -2.09. The van der Waals surface area contributed by atoms with E-state index in [9.17, 15) is 0 Å². The van der Waals surface area contributed by atoms with Gasteiger partial charge in [-0.05, 0) is 47.6 Å². The predicted molar refractivity (Wildman–Crippen MR) is 101 cm³/mol. The van der Waals surface area contributed by atoms with Crippen LogP contribution >= 0.6 is 23.5 Å². The third-order valence-electron chi connectivity index (χ3n) is 3.63. The topological polar surface area (TPSA) is 18.5 Å². The van der Waals surface area contributed by atoms with Gasteiger partial charge in [-0.3, -0.25) is 0 Å². The fourth-order valence-electron chi connectivity index (χ4n) is 2.42. The quantitative estimate of drug-likeness (QED) is 0.730.